The van der Waals surface area contributed by atoms with Gasteiger partial charge < -0.3 is 14.8 Å². The second kappa shape index (κ2) is 5.48. The van der Waals surface area contributed by atoms with E-state index in [9.17, 15) is 4.39 Å². The van der Waals surface area contributed by atoms with Gasteiger partial charge >= 0.3 is 7.12 Å². The van der Waals surface area contributed by atoms with Gasteiger partial charge in [-0.1, -0.05) is 42.5 Å². The van der Waals surface area contributed by atoms with E-state index in [0.29, 0.717) is 0 Å². The Kier molecular flexibility index (Phi) is 3.96. The maximum absolute atomic E-state index is 14.3. The molecule has 0 fully saturated rings. The molecule has 1 atom stereocenters. The molecule has 0 amide bonds. The van der Waals surface area contributed by atoms with E-state index in [2.05, 4.69) is 0 Å². The Bertz CT molecular complexity index is 459. The molecule has 5 heteroatoms. The van der Waals surface area contributed by atoms with Crippen molar-refractivity contribution in [2.75, 3.05) is 0 Å². The Morgan fingerprint density at radius 3 is 2.67 bits per heavy atom. The third kappa shape index (κ3) is 3.29. The first-order chi connectivity index (χ1) is 8.59. The maximum atomic E-state index is 14.3. The highest BCUT2D eigenvalue weighted by atomic mass is 19.2. The lowest BCUT2D eigenvalue weighted by atomic mass is 9.74. The van der Waals surface area contributed by atoms with Crippen LogP contribution < -0.4 is 0 Å². The average Bonchev–Trinajstić information content (AvgIpc) is 2.38. The van der Waals surface area contributed by atoms with Crippen molar-refractivity contribution in [2.45, 2.75) is 18.9 Å². The van der Waals surface area contributed by atoms with Crippen LogP contribution in [0.3, 0.4) is 0 Å². The van der Waals surface area contributed by atoms with Gasteiger partial charge in [-0.2, -0.15) is 0 Å². The number of hydrogen-bond acceptors (Lipinski definition) is 3. The van der Waals surface area contributed by atoms with Crippen LogP contribution in [-0.2, 0) is 11.3 Å². The van der Waals surface area contributed by atoms with E-state index in [4.69, 9.17) is 14.8 Å². The molecule has 0 saturated carbocycles. The molecule has 0 bridgehead atoms. The molecular formula is C13H14BFO3. The van der Waals surface area contributed by atoms with Gasteiger partial charge in [0.1, 0.15) is 0 Å². The predicted molar refractivity (Wildman–Crippen MR) is 67.1 cm³/mol. The molecule has 0 heterocycles. The van der Waals surface area contributed by atoms with E-state index in [-0.39, 0.29) is 18.5 Å². The molecule has 3 nitrogen and oxygen atoms in total. The smallest absolute Gasteiger partial charge is 0.423 e. The summed E-state index contributed by atoms with van der Waals surface area (Å²) in [4.78, 5) is 0. The topological polar surface area (TPSA) is 49.7 Å². The lowest BCUT2D eigenvalue weighted by Crippen LogP contribution is -2.31. The zero-order valence-corrected chi connectivity index (χ0v) is 9.79. The number of allylic oxidation sites excluding steroid dienone is 2. The molecule has 1 unspecified atom stereocenters. The van der Waals surface area contributed by atoms with Gasteiger partial charge in [0.2, 0.25) is 5.85 Å². The number of alkyl halides is 1. The molecule has 94 valence electrons. The van der Waals surface area contributed by atoms with Gasteiger partial charge in [-0.3, -0.25) is 0 Å². The number of benzene rings is 1. The van der Waals surface area contributed by atoms with Crippen molar-refractivity contribution in [1.29, 1.82) is 0 Å². The molecule has 0 spiro atoms. The van der Waals surface area contributed by atoms with Gasteiger partial charge in [0, 0.05) is 6.42 Å². The van der Waals surface area contributed by atoms with E-state index in [0.717, 1.165) is 5.56 Å². The van der Waals surface area contributed by atoms with Gasteiger partial charge in [-0.25, -0.2) is 4.39 Å². The molecule has 1 aliphatic carbocycles. The Morgan fingerprint density at radius 2 is 2.00 bits per heavy atom. The normalized spacial score (nSPS) is 22.7. The fourth-order valence-corrected chi connectivity index (χ4v) is 1.77. The van der Waals surface area contributed by atoms with E-state index >= 15 is 0 Å². The minimum Gasteiger partial charge on any atom is -0.423 e. The predicted octanol–water partition coefficient (Wildman–Crippen LogP) is 1.77. The number of rotatable bonds is 4. The summed E-state index contributed by atoms with van der Waals surface area (Å²) in [5.41, 5.74) is 1.07. The number of hydrogen-bond donors (Lipinski definition) is 2. The van der Waals surface area contributed by atoms with Crippen LogP contribution >= 0.6 is 0 Å². The van der Waals surface area contributed by atoms with Crippen LogP contribution in [0.1, 0.15) is 12.0 Å². The molecular weight excluding hydrogens is 234 g/mol. The molecule has 0 aromatic heterocycles. The minimum absolute atomic E-state index is 0.135. The monoisotopic (exact) mass is 248 g/mol. The summed E-state index contributed by atoms with van der Waals surface area (Å²) in [5, 5.41) is 18.1. The molecule has 2 rings (SSSR count). The first-order valence-corrected chi connectivity index (χ1v) is 5.70. The highest BCUT2D eigenvalue weighted by Crippen LogP contribution is 2.29. The van der Waals surface area contributed by atoms with Crippen LogP contribution in [0.2, 0.25) is 0 Å². The standard InChI is InChI=1S/C13H14BFO3/c15-13(8-4-7-12(9-13)14(16)17)18-10-11-5-2-1-3-6-11/h1-8,16-17H,9-10H2. The maximum Gasteiger partial charge on any atom is 0.484 e. The number of ether oxygens (including phenoxy) is 1. The van der Waals surface area contributed by atoms with Gasteiger partial charge in [0.25, 0.3) is 0 Å². The molecule has 2 N–H and O–H groups in total. The third-order valence-corrected chi connectivity index (χ3v) is 2.75. The average molecular weight is 248 g/mol. The first-order valence-electron chi connectivity index (χ1n) is 5.70. The molecule has 0 aliphatic heterocycles. The van der Waals surface area contributed by atoms with Gasteiger partial charge in [0.15, 0.2) is 0 Å². The van der Waals surface area contributed by atoms with Crippen LogP contribution in [0.25, 0.3) is 0 Å². The third-order valence-electron chi connectivity index (χ3n) is 2.75. The first kappa shape index (κ1) is 13.0. The zero-order chi connectivity index (χ0) is 13.0. The minimum atomic E-state index is -1.98. The Morgan fingerprint density at radius 1 is 1.28 bits per heavy atom. The van der Waals surface area contributed by atoms with Crippen molar-refractivity contribution < 1.29 is 19.2 Å². The molecule has 0 radical (unpaired) electrons. The van der Waals surface area contributed by atoms with Crippen LogP contribution in [0.4, 0.5) is 4.39 Å². The van der Waals surface area contributed by atoms with E-state index in [1.54, 1.807) is 0 Å². The fourth-order valence-electron chi connectivity index (χ4n) is 1.77. The van der Waals surface area contributed by atoms with Crippen molar-refractivity contribution in [1.82, 2.24) is 0 Å². The summed E-state index contributed by atoms with van der Waals surface area (Å²) < 4.78 is 19.5. The highest BCUT2D eigenvalue weighted by Gasteiger charge is 2.34. The van der Waals surface area contributed by atoms with Gasteiger partial charge in [-0.05, 0) is 17.1 Å². The summed E-state index contributed by atoms with van der Waals surface area (Å²) in [5.74, 6) is -1.98. The molecule has 1 aromatic rings. The Hall–Kier alpha value is -1.43. The van der Waals surface area contributed by atoms with Crippen LogP contribution in [0.5, 0.6) is 0 Å². The van der Waals surface area contributed by atoms with Crippen LogP contribution in [0.15, 0.2) is 54.0 Å². The molecule has 1 aliphatic rings. The van der Waals surface area contributed by atoms with E-state index in [1.807, 2.05) is 30.3 Å². The summed E-state index contributed by atoms with van der Waals surface area (Å²) in [6, 6.07) is 9.26. The van der Waals surface area contributed by atoms with E-state index in [1.165, 1.54) is 18.2 Å². The summed E-state index contributed by atoms with van der Waals surface area (Å²) in [6.07, 6.45) is 4.02. The quantitative estimate of drug-likeness (QED) is 0.798. The fraction of sp³-hybridized carbons (Fsp3) is 0.231. The van der Waals surface area contributed by atoms with Crippen LogP contribution in [0, 0.1) is 0 Å². The van der Waals surface area contributed by atoms with Gasteiger partial charge in [-0.15, -0.1) is 0 Å². The Labute approximate surface area is 105 Å². The van der Waals surface area contributed by atoms with Gasteiger partial charge in [0.05, 0.1) is 6.61 Å². The molecule has 1 aromatic carbocycles. The van der Waals surface area contributed by atoms with Crippen molar-refractivity contribution in [2.24, 2.45) is 0 Å². The Balaban J connectivity index is 1.97. The summed E-state index contributed by atoms with van der Waals surface area (Å²) in [6.45, 7) is 0.135. The summed E-state index contributed by atoms with van der Waals surface area (Å²) >= 11 is 0. The molecule has 18 heavy (non-hydrogen) atoms. The summed E-state index contributed by atoms with van der Waals surface area (Å²) in [7, 11) is -1.65. The SMILES string of the molecule is OB(O)C1=CC=CC(F)(OCc2ccccc2)C1. The second-order valence-electron chi connectivity index (χ2n) is 4.21. The van der Waals surface area contributed by atoms with Crippen molar-refractivity contribution >= 4 is 7.12 Å². The largest absolute Gasteiger partial charge is 0.484 e. The van der Waals surface area contributed by atoms with Crippen molar-refractivity contribution in [3.63, 3.8) is 0 Å². The van der Waals surface area contributed by atoms with Crippen molar-refractivity contribution in [3.05, 3.63) is 59.6 Å². The highest BCUT2D eigenvalue weighted by molar-refractivity contribution is 6.50. The van der Waals surface area contributed by atoms with Crippen molar-refractivity contribution in [3.8, 4) is 0 Å². The molecule has 0 saturated heterocycles. The van der Waals surface area contributed by atoms with Crippen LogP contribution in [-0.4, -0.2) is 23.0 Å². The lowest BCUT2D eigenvalue weighted by molar-refractivity contribution is -0.115. The number of halogens is 1. The second-order valence-corrected chi connectivity index (χ2v) is 4.21. The zero-order valence-electron chi connectivity index (χ0n) is 9.79. The lowest BCUT2D eigenvalue weighted by Gasteiger charge is -2.26. The van der Waals surface area contributed by atoms with E-state index < -0.39 is 13.0 Å².